The van der Waals surface area contributed by atoms with Gasteiger partial charge in [0.15, 0.2) is 0 Å². The molecule has 76 valence electrons. The van der Waals surface area contributed by atoms with Crippen LogP contribution in [0.2, 0.25) is 0 Å². The Morgan fingerprint density at radius 2 is 2.20 bits per heavy atom. The van der Waals surface area contributed by atoms with Crippen LogP contribution >= 0.6 is 0 Å². The monoisotopic (exact) mass is 199 g/mol. The maximum absolute atomic E-state index is 5.77. The largest absolute Gasteiger partial charge is 0.399 e. The van der Waals surface area contributed by atoms with E-state index in [-0.39, 0.29) is 0 Å². The Hall–Kier alpha value is -1.77. The molecule has 3 rings (SSSR count). The number of aromatic nitrogens is 2. The van der Waals surface area contributed by atoms with Crippen LogP contribution in [0, 0.1) is 0 Å². The molecule has 2 N–H and O–H groups in total. The van der Waals surface area contributed by atoms with Crippen molar-refractivity contribution in [2.24, 2.45) is 0 Å². The van der Waals surface area contributed by atoms with Crippen LogP contribution in [-0.4, -0.2) is 9.55 Å². The second-order valence-corrected chi connectivity index (χ2v) is 4.06. The summed E-state index contributed by atoms with van der Waals surface area (Å²) in [6, 6.07) is 7.91. The number of imidazole rings is 1. The summed E-state index contributed by atoms with van der Waals surface area (Å²) in [7, 11) is 0. The van der Waals surface area contributed by atoms with Crippen molar-refractivity contribution in [2.75, 3.05) is 5.73 Å². The van der Waals surface area contributed by atoms with E-state index < -0.39 is 0 Å². The standard InChI is InChI=1S/C12H13N3/c13-10-2-1-3-11(6-10)15-8-14-7-12(15)9-4-5-9/h1-3,6-9H,4-5,13H2. The third-order valence-corrected chi connectivity index (χ3v) is 2.81. The molecule has 3 nitrogen and oxygen atoms in total. The normalized spacial score (nSPS) is 15.5. The van der Waals surface area contributed by atoms with E-state index in [2.05, 4.69) is 15.6 Å². The van der Waals surface area contributed by atoms with E-state index >= 15 is 0 Å². The van der Waals surface area contributed by atoms with Crippen LogP contribution in [0.15, 0.2) is 36.8 Å². The van der Waals surface area contributed by atoms with Crippen molar-refractivity contribution in [3.8, 4) is 5.69 Å². The Bertz CT molecular complexity index is 483. The molecule has 1 aliphatic rings. The molecule has 3 heteroatoms. The highest BCUT2D eigenvalue weighted by molar-refractivity contribution is 5.48. The Kier molecular flexibility index (Phi) is 1.78. The maximum Gasteiger partial charge on any atom is 0.0994 e. The number of rotatable bonds is 2. The van der Waals surface area contributed by atoms with Gasteiger partial charge in [0.1, 0.15) is 0 Å². The Morgan fingerprint density at radius 3 is 2.93 bits per heavy atom. The summed E-state index contributed by atoms with van der Waals surface area (Å²) >= 11 is 0. The predicted octanol–water partition coefficient (Wildman–Crippen LogP) is 2.33. The number of nitrogen functional groups attached to an aromatic ring is 1. The Morgan fingerprint density at radius 1 is 1.33 bits per heavy atom. The average molecular weight is 199 g/mol. The van der Waals surface area contributed by atoms with Crippen molar-refractivity contribution in [2.45, 2.75) is 18.8 Å². The predicted molar refractivity (Wildman–Crippen MR) is 60.0 cm³/mol. The molecule has 1 aromatic heterocycles. The molecular formula is C12H13N3. The van der Waals surface area contributed by atoms with Gasteiger partial charge in [-0.1, -0.05) is 6.07 Å². The minimum Gasteiger partial charge on any atom is -0.399 e. The van der Waals surface area contributed by atoms with Crippen molar-refractivity contribution in [1.29, 1.82) is 0 Å². The molecule has 15 heavy (non-hydrogen) atoms. The van der Waals surface area contributed by atoms with Crippen molar-refractivity contribution in [3.05, 3.63) is 42.5 Å². The van der Waals surface area contributed by atoms with Gasteiger partial charge in [0.25, 0.3) is 0 Å². The van der Waals surface area contributed by atoms with Crippen LogP contribution in [-0.2, 0) is 0 Å². The summed E-state index contributed by atoms with van der Waals surface area (Å²) < 4.78 is 2.13. The van der Waals surface area contributed by atoms with E-state index in [1.54, 1.807) is 0 Å². The number of nitrogens with zero attached hydrogens (tertiary/aromatic N) is 2. The van der Waals surface area contributed by atoms with Gasteiger partial charge in [0.05, 0.1) is 6.33 Å². The molecule has 1 heterocycles. The zero-order valence-corrected chi connectivity index (χ0v) is 8.43. The fourth-order valence-electron chi connectivity index (χ4n) is 1.88. The zero-order chi connectivity index (χ0) is 10.3. The summed E-state index contributed by atoms with van der Waals surface area (Å²) in [5, 5.41) is 0. The Labute approximate surface area is 88.6 Å². The van der Waals surface area contributed by atoms with Crippen LogP contribution in [0.3, 0.4) is 0 Å². The van der Waals surface area contributed by atoms with E-state index in [1.165, 1.54) is 18.5 Å². The van der Waals surface area contributed by atoms with Crippen LogP contribution in [0.25, 0.3) is 5.69 Å². The van der Waals surface area contributed by atoms with Gasteiger partial charge < -0.3 is 10.3 Å². The smallest absolute Gasteiger partial charge is 0.0994 e. The lowest BCUT2D eigenvalue weighted by Gasteiger charge is -2.07. The van der Waals surface area contributed by atoms with E-state index in [9.17, 15) is 0 Å². The van der Waals surface area contributed by atoms with E-state index in [0.29, 0.717) is 5.92 Å². The van der Waals surface area contributed by atoms with Gasteiger partial charge >= 0.3 is 0 Å². The van der Waals surface area contributed by atoms with Gasteiger partial charge in [-0.15, -0.1) is 0 Å². The lowest BCUT2D eigenvalue weighted by Crippen LogP contribution is -1.98. The fourth-order valence-corrected chi connectivity index (χ4v) is 1.88. The lowest BCUT2D eigenvalue weighted by molar-refractivity contribution is 0.925. The van der Waals surface area contributed by atoms with E-state index in [4.69, 9.17) is 5.73 Å². The van der Waals surface area contributed by atoms with Gasteiger partial charge in [-0.25, -0.2) is 4.98 Å². The van der Waals surface area contributed by atoms with E-state index in [1.807, 2.05) is 30.7 Å². The molecule has 1 aromatic carbocycles. The minimum absolute atomic E-state index is 0.703. The van der Waals surface area contributed by atoms with Crippen LogP contribution in [0.5, 0.6) is 0 Å². The molecule has 0 spiro atoms. The van der Waals surface area contributed by atoms with Crippen molar-refractivity contribution >= 4 is 5.69 Å². The number of hydrogen-bond donors (Lipinski definition) is 1. The molecule has 0 amide bonds. The summed E-state index contributed by atoms with van der Waals surface area (Å²) in [6.45, 7) is 0. The molecule has 0 aliphatic heterocycles. The van der Waals surface area contributed by atoms with Crippen LogP contribution < -0.4 is 5.73 Å². The third kappa shape index (κ3) is 1.50. The van der Waals surface area contributed by atoms with Crippen LogP contribution in [0.1, 0.15) is 24.5 Å². The summed E-state index contributed by atoms with van der Waals surface area (Å²) in [4.78, 5) is 4.21. The molecule has 1 fully saturated rings. The lowest BCUT2D eigenvalue weighted by atomic mass is 10.2. The SMILES string of the molecule is Nc1cccc(-n2cncc2C2CC2)c1. The van der Waals surface area contributed by atoms with Gasteiger partial charge in [-0.3, -0.25) is 0 Å². The first-order valence-corrected chi connectivity index (χ1v) is 5.23. The summed E-state index contributed by atoms with van der Waals surface area (Å²) in [5.41, 5.74) is 8.98. The first kappa shape index (κ1) is 8.53. The molecule has 0 unspecified atom stereocenters. The maximum atomic E-state index is 5.77. The molecular weight excluding hydrogens is 186 g/mol. The molecule has 2 aromatic rings. The number of hydrogen-bond acceptors (Lipinski definition) is 2. The molecule has 0 radical (unpaired) electrons. The van der Waals surface area contributed by atoms with Crippen LogP contribution in [0.4, 0.5) is 5.69 Å². The molecule has 0 atom stereocenters. The first-order chi connectivity index (χ1) is 7.34. The Balaban J connectivity index is 2.07. The second-order valence-electron chi connectivity index (χ2n) is 4.06. The van der Waals surface area contributed by atoms with Crippen molar-refractivity contribution in [3.63, 3.8) is 0 Å². The number of nitrogens with two attached hydrogens (primary N) is 1. The van der Waals surface area contributed by atoms with Gasteiger partial charge in [-0.05, 0) is 31.0 Å². The van der Waals surface area contributed by atoms with Crippen molar-refractivity contribution < 1.29 is 0 Å². The topological polar surface area (TPSA) is 43.8 Å². The quantitative estimate of drug-likeness (QED) is 0.754. The molecule has 0 saturated heterocycles. The highest BCUT2D eigenvalue weighted by atomic mass is 15.1. The third-order valence-electron chi connectivity index (χ3n) is 2.81. The summed E-state index contributed by atoms with van der Waals surface area (Å²) in [6.07, 6.45) is 6.39. The van der Waals surface area contributed by atoms with Gasteiger partial charge in [-0.2, -0.15) is 0 Å². The van der Waals surface area contributed by atoms with Crippen molar-refractivity contribution in [1.82, 2.24) is 9.55 Å². The molecule has 1 saturated carbocycles. The first-order valence-electron chi connectivity index (χ1n) is 5.23. The highest BCUT2D eigenvalue weighted by Gasteiger charge is 2.27. The fraction of sp³-hybridized carbons (Fsp3) is 0.250. The minimum atomic E-state index is 0.703. The van der Waals surface area contributed by atoms with E-state index in [0.717, 1.165) is 11.4 Å². The number of anilines is 1. The van der Waals surface area contributed by atoms with Gasteiger partial charge in [0.2, 0.25) is 0 Å². The summed E-state index contributed by atoms with van der Waals surface area (Å²) in [5.74, 6) is 0.703. The average Bonchev–Trinajstić information content (AvgIpc) is 2.96. The second kappa shape index (κ2) is 3.12. The molecule has 1 aliphatic carbocycles. The highest BCUT2D eigenvalue weighted by Crippen LogP contribution is 2.40. The zero-order valence-electron chi connectivity index (χ0n) is 8.43. The molecule has 0 bridgehead atoms. The number of benzene rings is 1. The van der Waals surface area contributed by atoms with Gasteiger partial charge in [0, 0.05) is 29.2 Å².